The normalized spacial score (nSPS) is 10.9. The summed E-state index contributed by atoms with van der Waals surface area (Å²) in [4.78, 5) is 0. The van der Waals surface area contributed by atoms with E-state index in [0.29, 0.717) is 11.8 Å². The zero-order valence-electron chi connectivity index (χ0n) is 35.1. The molecule has 0 fully saturated rings. The molecule has 0 amide bonds. The second-order valence-corrected chi connectivity index (χ2v) is 16.3. The van der Waals surface area contributed by atoms with Crippen LogP contribution < -0.4 is 24.8 Å². The van der Waals surface area contributed by atoms with Crippen molar-refractivity contribution < 1.29 is 46.5 Å². The monoisotopic (exact) mass is 854 g/mol. The Bertz CT molecular complexity index is 2670. The Labute approximate surface area is 384 Å². The number of benzene rings is 8. The first-order valence-electron chi connectivity index (χ1n) is 20.6. The second kappa shape index (κ2) is 20.7. The third-order valence-electron chi connectivity index (χ3n) is 11.0. The smallest absolute Gasteiger partial charge is 1.00 e. The molecule has 0 atom stereocenters. The summed E-state index contributed by atoms with van der Waals surface area (Å²) in [5.41, 5.74) is 8.28. The Kier molecular flexibility index (Phi) is 16.0. The summed E-state index contributed by atoms with van der Waals surface area (Å²) in [6.07, 6.45) is 3.01. The van der Waals surface area contributed by atoms with Crippen LogP contribution in [0.5, 0.6) is 0 Å². The van der Waals surface area contributed by atoms with Crippen LogP contribution in [0.3, 0.4) is 0 Å². The molecule has 0 aliphatic rings. The van der Waals surface area contributed by atoms with Gasteiger partial charge in [0.05, 0.1) is 0 Å². The Morgan fingerprint density at radius 3 is 1.00 bits per heavy atom. The van der Waals surface area contributed by atoms with Gasteiger partial charge in [0.15, 0.2) is 0 Å². The average molecular weight is 856 g/mol. The topological polar surface area (TPSA) is 0 Å². The van der Waals surface area contributed by atoms with Crippen molar-refractivity contribution in [1.29, 1.82) is 0 Å². The van der Waals surface area contributed by atoms with Gasteiger partial charge in [-0.05, 0) is 91.0 Å². The molecule has 0 bridgehead atoms. The van der Waals surface area contributed by atoms with Crippen molar-refractivity contribution in [2.24, 2.45) is 11.8 Å². The fourth-order valence-electron chi connectivity index (χ4n) is 8.82. The molecule has 0 saturated heterocycles. The van der Waals surface area contributed by atoms with Crippen LogP contribution >= 0.6 is 0 Å². The number of fused-ring (bicyclic) bond motifs is 6. The van der Waals surface area contributed by atoms with Crippen LogP contribution in [0.1, 0.15) is 45.2 Å². The summed E-state index contributed by atoms with van der Waals surface area (Å²) in [5, 5.41) is 16.0. The molecule has 10 aromatic rings. The van der Waals surface area contributed by atoms with E-state index in [-0.39, 0.29) is 46.5 Å². The Morgan fingerprint density at radius 2 is 0.700 bits per heavy atom. The van der Waals surface area contributed by atoms with Crippen molar-refractivity contribution in [1.82, 2.24) is 0 Å². The van der Waals surface area contributed by atoms with E-state index in [1.807, 2.05) is 0 Å². The molecule has 0 nitrogen and oxygen atoms in total. The minimum Gasteiger partial charge on any atom is -1.00 e. The standard InChI is InChI=1S/2C27H23.C3H6.2ClH.Ti/c2*1-18(2)14-19-15-20-10-7-13-25(26(20)16-19)27-23-11-5-3-8-21(23)17-22-9-4-6-12-24(22)27;1-3-2;;;/h2*3-13,15-18H,14H2,1-2H3;1-3H2;2*1H;/q2*-1;-2;;;+2/p-2. The van der Waals surface area contributed by atoms with Crippen molar-refractivity contribution in [3.63, 3.8) is 0 Å². The fraction of sp³-hybridized carbons (Fsp3) is 0.158. The summed E-state index contributed by atoms with van der Waals surface area (Å²) in [6.45, 7) is 15.9. The van der Waals surface area contributed by atoms with Crippen molar-refractivity contribution in [2.75, 3.05) is 0 Å². The number of rotatable bonds is 6. The number of hydrogen-bond donors (Lipinski definition) is 0. The molecule has 10 rings (SSSR count). The van der Waals surface area contributed by atoms with Gasteiger partial charge in [-0.25, -0.2) is 0 Å². The van der Waals surface area contributed by atoms with E-state index in [1.54, 1.807) is 0 Å². The largest absolute Gasteiger partial charge is 2.00 e. The molecular formula is C57H52Cl2Ti-4. The van der Waals surface area contributed by atoms with Crippen molar-refractivity contribution >= 4 is 64.6 Å². The van der Waals surface area contributed by atoms with Crippen LogP contribution in [-0.2, 0) is 34.6 Å². The maximum absolute atomic E-state index is 3.38. The molecule has 0 aliphatic heterocycles. The van der Waals surface area contributed by atoms with Crippen LogP contribution in [-0.4, -0.2) is 0 Å². The summed E-state index contributed by atoms with van der Waals surface area (Å²) < 4.78 is 0. The van der Waals surface area contributed by atoms with E-state index in [0.717, 1.165) is 19.3 Å². The fourth-order valence-corrected chi connectivity index (χ4v) is 8.82. The minimum absolute atomic E-state index is 0. The molecule has 3 heteroatoms. The zero-order valence-corrected chi connectivity index (χ0v) is 38.2. The zero-order chi connectivity index (χ0) is 39.5. The molecule has 0 heterocycles. The predicted molar refractivity (Wildman–Crippen MR) is 252 cm³/mol. The van der Waals surface area contributed by atoms with Gasteiger partial charge in [-0.2, -0.15) is 12.1 Å². The van der Waals surface area contributed by atoms with Gasteiger partial charge in [0, 0.05) is 0 Å². The van der Waals surface area contributed by atoms with Gasteiger partial charge in [-0.3, -0.25) is 0 Å². The van der Waals surface area contributed by atoms with E-state index < -0.39 is 0 Å². The van der Waals surface area contributed by atoms with Crippen molar-refractivity contribution in [2.45, 2.75) is 47.0 Å². The quantitative estimate of drug-likeness (QED) is 0.0888. The molecule has 302 valence electrons. The Balaban J connectivity index is 0.000000204. The van der Waals surface area contributed by atoms with Gasteiger partial charge in [0.1, 0.15) is 0 Å². The molecule has 0 aromatic heterocycles. The maximum atomic E-state index is 3.38. The molecule has 10 aromatic carbocycles. The molecule has 0 spiro atoms. The van der Waals surface area contributed by atoms with Crippen LogP contribution in [0, 0.1) is 25.7 Å². The van der Waals surface area contributed by atoms with E-state index in [9.17, 15) is 0 Å². The maximum Gasteiger partial charge on any atom is 2.00 e. The van der Waals surface area contributed by atoms with Gasteiger partial charge >= 0.3 is 21.7 Å². The second-order valence-electron chi connectivity index (χ2n) is 16.3. The molecule has 0 saturated carbocycles. The SMILES string of the molecule is CC(C)Cc1cc2c(-c3c4ccccc4cc4ccccc34)cccc2[cH-]1.CC(C)Cc1cc2c(-c3c4ccccc4cc4ccccc34)cccc2[cH-]1.[CH2-]C[CH2-].[Cl-].[Cl-].[Ti+2]. The Hall–Kier alpha value is -4.69. The third kappa shape index (κ3) is 9.60. The van der Waals surface area contributed by atoms with Gasteiger partial charge in [0.25, 0.3) is 0 Å². The summed E-state index contributed by atoms with van der Waals surface area (Å²) >= 11 is 0. The molecule has 0 radical (unpaired) electrons. The van der Waals surface area contributed by atoms with Crippen LogP contribution in [0.4, 0.5) is 0 Å². The predicted octanol–water partition coefficient (Wildman–Crippen LogP) is 10.5. The molecule has 0 unspecified atom stereocenters. The third-order valence-corrected chi connectivity index (χ3v) is 11.0. The van der Waals surface area contributed by atoms with Gasteiger partial charge in [0.2, 0.25) is 0 Å². The van der Waals surface area contributed by atoms with Gasteiger partial charge in [-0.1, -0.05) is 148 Å². The molecule has 0 N–H and O–H groups in total. The molecular weight excluding hydrogens is 803 g/mol. The Morgan fingerprint density at radius 1 is 0.400 bits per heavy atom. The van der Waals surface area contributed by atoms with Gasteiger partial charge < -0.3 is 45.1 Å². The molecule has 60 heavy (non-hydrogen) atoms. The summed E-state index contributed by atoms with van der Waals surface area (Å²) in [6, 6.07) is 62.7. The minimum atomic E-state index is 0. The first-order chi connectivity index (χ1) is 27.8. The first-order valence-corrected chi connectivity index (χ1v) is 20.6. The van der Waals surface area contributed by atoms with E-state index in [1.165, 1.54) is 98.0 Å². The van der Waals surface area contributed by atoms with Gasteiger partial charge in [-0.15, -0.1) is 69.1 Å². The van der Waals surface area contributed by atoms with E-state index in [4.69, 9.17) is 0 Å². The number of hydrogen-bond acceptors (Lipinski definition) is 0. The summed E-state index contributed by atoms with van der Waals surface area (Å²) in [5.74, 6) is 1.34. The first kappa shape index (κ1) is 46.4. The summed E-state index contributed by atoms with van der Waals surface area (Å²) in [7, 11) is 0. The van der Waals surface area contributed by atoms with E-state index in [2.05, 4.69) is 211 Å². The van der Waals surface area contributed by atoms with Crippen molar-refractivity contribution in [3.05, 3.63) is 195 Å². The average Bonchev–Trinajstić information content (AvgIpc) is 3.82. The molecule has 0 aliphatic carbocycles. The van der Waals surface area contributed by atoms with Crippen LogP contribution in [0.2, 0.25) is 0 Å². The van der Waals surface area contributed by atoms with Crippen LogP contribution in [0.25, 0.3) is 86.9 Å². The van der Waals surface area contributed by atoms with E-state index >= 15 is 0 Å². The van der Waals surface area contributed by atoms with Crippen LogP contribution in [0.15, 0.2) is 170 Å². The van der Waals surface area contributed by atoms with Crippen molar-refractivity contribution in [3.8, 4) is 22.3 Å². The number of halogens is 2.